The van der Waals surface area contributed by atoms with Crippen molar-refractivity contribution in [3.63, 3.8) is 0 Å². The minimum absolute atomic E-state index is 0.0264. The zero-order valence-corrected chi connectivity index (χ0v) is 11.8. The predicted molar refractivity (Wildman–Crippen MR) is 80.6 cm³/mol. The second kappa shape index (κ2) is 7.30. The summed E-state index contributed by atoms with van der Waals surface area (Å²) in [6.45, 7) is 2.09. The van der Waals surface area contributed by atoms with Crippen molar-refractivity contribution in [2.75, 3.05) is 11.9 Å². The lowest BCUT2D eigenvalue weighted by molar-refractivity contribution is 0.368. The Hall–Kier alpha value is -2.54. The van der Waals surface area contributed by atoms with E-state index in [0.29, 0.717) is 5.75 Å². The first-order chi connectivity index (χ1) is 10.2. The minimum Gasteiger partial charge on any atom is -0.479 e. The highest BCUT2D eigenvalue weighted by molar-refractivity contribution is 5.50. The Balaban J connectivity index is 2.11. The van der Waals surface area contributed by atoms with E-state index in [1.54, 1.807) is 18.2 Å². The molecule has 3 nitrogen and oxygen atoms in total. The average molecular weight is 284 g/mol. The standard InChI is InChI=1S/C17H17FN2O/c1-2-17(13-6-8-14(18)9-7-13)20-15-4-3-5-16(12-15)21-11-10-19/h3-9,12,17,20H,2,11H2,1H3. The summed E-state index contributed by atoms with van der Waals surface area (Å²) in [6.07, 6.45) is 0.870. The van der Waals surface area contributed by atoms with Gasteiger partial charge in [0.05, 0.1) is 6.04 Å². The van der Waals surface area contributed by atoms with Gasteiger partial charge < -0.3 is 10.1 Å². The maximum Gasteiger partial charge on any atom is 0.174 e. The summed E-state index contributed by atoms with van der Waals surface area (Å²) in [4.78, 5) is 0. The zero-order valence-electron chi connectivity index (χ0n) is 11.8. The summed E-state index contributed by atoms with van der Waals surface area (Å²) in [5.74, 6) is 0.413. The van der Waals surface area contributed by atoms with Crippen molar-refractivity contribution in [3.05, 3.63) is 59.9 Å². The van der Waals surface area contributed by atoms with E-state index in [9.17, 15) is 4.39 Å². The van der Waals surface area contributed by atoms with Crippen molar-refractivity contribution in [1.82, 2.24) is 0 Å². The molecule has 21 heavy (non-hydrogen) atoms. The Morgan fingerprint density at radius 1 is 1.24 bits per heavy atom. The third kappa shape index (κ3) is 4.22. The summed E-state index contributed by atoms with van der Waals surface area (Å²) in [6, 6.07) is 16.0. The first-order valence-corrected chi connectivity index (χ1v) is 6.84. The van der Waals surface area contributed by atoms with Crippen LogP contribution < -0.4 is 10.1 Å². The molecule has 0 aliphatic heterocycles. The van der Waals surface area contributed by atoms with Crippen LogP contribution in [-0.2, 0) is 0 Å². The molecule has 1 atom stereocenters. The molecule has 0 fully saturated rings. The van der Waals surface area contributed by atoms with Crippen LogP contribution in [0.1, 0.15) is 24.9 Å². The van der Waals surface area contributed by atoms with Crippen molar-refractivity contribution in [1.29, 1.82) is 5.26 Å². The fraction of sp³-hybridized carbons (Fsp3) is 0.235. The molecule has 1 N–H and O–H groups in total. The largest absolute Gasteiger partial charge is 0.479 e. The number of nitrogens with zero attached hydrogens (tertiary/aromatic N) is 1. The topological polar surface area (TPSA) is 45.0 Å². The SMILES string of the molecule is CCC(Nc1cccc(OCC#N)c1)c1ccc(F)cc1. The maximum absolute atomic E-state index is 13.0. The van der Waals surface area contributed by atoms with E-state index >= 15 is 0 Å². The Labute approximate surface area is 124 Å². The van der Waals surface area contributed by atoms with Gasteiger partial charge in [0.2, 0.25) is 0 Å². The van der Waals surface area contributed by atoms with Crippen LogP contribution in [0.4, 0.5) is 10.1 Å². The van der Waals surface area contributed by atoms with Gasteiger partial charge >= 0.3 is 0 Å². The zero-order chi connectivity index (χ0) is 15.1. The number of rotatable bonds is 6. The van der Waals surface area contributed by atoms with Crippen LogP contribution >= 0.6 is 0 Å². The molecular formula is C17H17FN2O. The van der Waals surface area contributed by atoms with Crippen LogP contribution in [0.3, 0.4) is 0 Å². The summed E-state index contributed by atoms with van der Waals surface area (Å²) in [7, 11) is 0. The fourth-order valence-electron chi connectivity index (χ4n) is 2.11. The summed E-state index contributed by atoms with van der Waals surface area (Å²) < 4.78 is 18.3. The summed E-state index contributed by atoms with van der Waals surface area (Å²) in [5, 5.41) is 11.9. The van der Waals surface area contributed by atoms with Gasteiger partial charge in [0.1, 0.15) is 17.6 Å². The van der Waals surface area contributed by atoms with Crippen molar-refractivity contribution in [2.24, 2.45) is 0 Å². The summed E-state index contributed by atoms with van der Waals surface area (Å²) in [5.41, 5.74) is 1.93. The molecule has 0 amide bonds. The normalized spacial score (nSPS) is 11.5. The Morgan fingerprint density at radius 2 is 2.00 bits per heavy atom. The molecule has 0 spiro atoms. The van der Waals surface area contributed by atoms with E-state index in [-0.39, 0.29) is 18.5 Å². The van der Waals surface area contributed by atoms with Crippen LogP contribution in [0.15, 0.2) is 48.5 Å². The number of anilines is 1. The number of halogens is 1. The van der Waals surface area contributed by atoms with Crippen molar-refractivity contribution in [3.8, 4) is 11.8 Å². The number of nitriles is 1. The molecule has 1 unspecified atom stereocenters. The Bertz CT molecular complexity index is 619. The molecule has 2 aromatic carbocycles. The minimum atomic E-state index is -0.236. The van der Waals surface area contributed by atoms with E-state index < -0.39 is 0 Å². The molecule has 108 valence electrons. The first kappa shape index (κ1) is 14.9. The molecule has 2 aromatic rings. The van der Waals surface area contributed by atoms with Gasteiger partial charge in [-0.05, 0) is 36.2 Å². The lowest BCUT2D eigenvalue weighted by Gasteiger charge is -2.19. The number of nitrogens with one attached hydrogen (secondary N) is 1. The molecule has 0 saturated heterocycles. The van der Waals surface area contributed by atoms with Crippen molar-refractivity contribution >= 4 is 5.69 Å². The quantitative estimate of drug-likeness (QED) is 0.860. The van der Waals surface area contributed by atoms with Crippen LogP contribution in [0.25, 0.3) is 0 Å². The molecule has 4 heteroatoms. The van der Waals surface area contributed by atoms with Gasteiger partial charge in [-0.3, -0.25) is 0 Å². The number of hydrogen-bond donors (Lipinski definition) is 1. The van der Waals surface area contributed by atoms with E-state index in [1.165, 1.54) is 12.1 Å². The molecule has 0 aromatic heterocycles. The number of benzene rings is 2. The van der Waals surface area contributed by atoms with E-state index in [0.717, 1.165) is 17.7 Å². The molecule has 0 saturated carbocycles. The molecule has 0 radical (unpaired) electrons. The van der Waals surface area contributed by atoms with Gasteiger partial charge in [0, 0.05) is 11.8 Å². The first-order valence-electron chi connectivity index (χ1n) is 6.84. The van der Waals surface area contributed by atoms with Crippen LogP contribution in [0, 0.1) is 17.1 Å². The molecular weight excluding hydrogens is 267 g/mol. The van der Waals surface area contributed by atoms with E-state index in [1.807, 2.05) is 24.3 Å². The van der Waals surface area contributed by atoms with Crippen LogP contribution in [0.5, 0.6) is 5.75 Å². The lowest BCUT2D eigenvalue weighted by atomic mass is 10.0. The van der Waals surface area contributed by atoms with Crippen molar-refractivity contribution in [2.45, 2.75) is 19.4 Å². The van der Waals surface area contributed by atoms with Gasteiger partial charge in [-0.2, -0.15) is 5.26 Å². The molecule has 2 rings (SSSR count). The van der Waals surface area contributed by atoms with Crippen LogP contribution in [-0.4, -0.2) is 6.61 Å². The second-order valence-corrected chi connectivity index (χ2v) is 4.63. The lowest BCUT2D eigenvalue weighted by Crippen LogP contribution is -2.09. The van der Waals surface area contributed by atoms with Gasteiger partial charge in [0.25, 0.3) is 0 Å². The highest BCUT2D eigenvalue weighted by atomic mass is 19.1. The highest BCUT2D eigenvalue weighted by Crippen LogP contribution is 2.25. The Morgan fingerprint density at radius 3 is 2.67 bits per heavy atom. The molecule has 0 aliphatic rings. The Kier molecular flexibility index (Phi) is 5.16. The predicted octanol–water partition coefficient (Wildman–Crippen LogP) is 4.29. The van der Waals surface area contributed by atoms with Gasteiger partial charge in [-0.25, -0.2) is 4.39 Å². The molecule has 0 aliphatic carbocycles. The van der Waals surface area contributed by atoms with E-state index in [4.69, 9.17) is 10.00 Å². The molecule has 0 bridgehead atoms. The van der Waals surface area contributed by atoms with Crippen LogP contribution in [0.2, 0.25) is 0 Å². The van der Waals surface area contributed by atoms with Gasteiger partial charge in [-0.1, -0.05) is 25.1 Å². The third-order valence-corrected chi connectivity index (χ3v) is 3.16. The van der Waals surface area contributed by atoms with Gasteiger partial charge in [-0.15, -0.1) is 0 Å². The van der Waals surface area contributed by atoms with Crippen molar-refractivity contribution < 1.29 is 9.13 Å². The monoisotopic (exact) mass is 284 g/mol. The fourth-order valence-corrected chi connectivity index (χ4v) is 2.11. The highest BCUT2D eigenvalue weighted by Gasteiger charge is 2.09. The summed E-state index contributed by atoms with van der Waals surface area (Å²) >= 11 is 0. The smallest absolute Gasteiger partial charge is 0.174 e. The van der Waals surface area contributed by atoms with Gasteiger partial charge in [0.15, 0.2) is 6.61 Å². The second-order valence-electron chi connectivity index (χ2n) is 4.63. The average Bonchev–Trinajstić information content (AvgIpc) is 2.52. The molecule has 0 heterocycles. The number of hydrogen-bond acceptors (Lipinski definition) is 3. The third-order valence-electron chi connectivity index (χ3n) is 3.16. The number of ether oxygens (including phenoxy) is 1. The van der Waals surface area contributed by atoms with E-state index in [2.05, 4.69) is 12.2 Å². The maximum atomic E-state index is 13.0.